The Morgan fingerprint density at radius 2 is 1.74 bits per heavy atom. The van der Waals surface area contributed by atoms with Crippen LogP contribution in [-0.4, -0.2) is 23.7 Å². The van der Waals surface area contributed by atoms with Gasteiger partial charge in [-0.15, -0.1) is 0 Å². The van der Waals surface area contributed by atoms with Crippen LogP contribution in [0.3, 0.4) is 0 Å². The molecule has 4 rings (SSSR count). The molecular weight excluding hydrogens is 329 g/mol. The van der Waals surface area contributed by atoms with Crippen molar-refractivity contribution >= 4 is 29.3 Å². The smallest absolute Gasteiger partial charge is 0.186 e. The molecule has 1 aliphatic carbocycles. The SMILES string of the molecule is Clc1cc(Cl)c2c(c1)C=C1CCCCC1(N1CCCCCC1)O2. The van der Waals surface area contributed by atoms with E-state index in [-0.39, 0.29) is 5.72 Å². The van der Waals surface area contributed by atoms with Crippen LogP contribution >= 0.6 is 23.2 Å². The Bertz CT molecular complexity index is 635. The van der Waals surface area contributed by atoms with Crippen molar-refractivity contribution in [2.24, 2.45) is 0 Å². The van der Waals surface area contributed by atoms with Crippen molar-refractivity contribution < 1.29 is 4.74 Å². The minimum Gasteiger partial charge on any atom is -0.467 e. The maximum atomic E-state index is 6.67. The number of rotatable bonds is 1. The number of hydrogen-bond donors (Lipinski definition) is 0. The third kappa shape index (κ3) is 2.79. The van der Waals surface area contributed by atoms with Crippen molar-refractivity contribution in [3.05, 3.63) is 33.3 Å². The fourth-order valence-electron chi connectivity index (χ4n) is 4.35. The summed E-state index contributed by atoms with van der Waals surface area (Å²) >= 11 is 12.6. The molecule has 23 heavy (non-hydrogen) atoms. The van der Waals surface area contributed by atoms with Crippen molar-refractivity contribution in [2.45, 2.75) is 57.1 Å². The summed E-state index contributed by atoms with van der Waals surface area (Å²) in [6.07, 6.45) is 12.1. The number of ether oxygens (including phenoxy) is 1. The second-order valence-electron chi connectivity index (χ2n) is 6.97. The van der Waals surface area contributed by atoms with Crippen LogP contribution in [0.1, 0.15) is 56.9 Å². The number of hydrogen-bond acceptors (Lipinski definition) is 2. The van der Waals surface area contributed by atoms with Gasteiger partial charge in [0.1, 0.15) is 5.75 Å². The Morgan fingerprint density at radius 3 is 2.52 bits per heavy atom. The first-order chi connectivity index (χ1) is 11.2. The lowest BCUT2D eigenvalue weighted by Crippen LogP contribution is -2.57. The highest BCUT2D eigenvalue weighted by molar-refractivity contribution is 6.36. The van der Waals surface area contributed by atoms with Crippen LogP contribution in [0.5, 0.6) is 5.75 Å². The van der Waals surface area contributed by atoms with Gasteiger partial charge in [-0.2, -0.15) is 0 Å². The number of likely N-dealkylation sites (tertiary alicyclic amines) is 1. The minimum absolute atomic E-state index is 0.271. The van der Waals surface area contributed by atoms with Crippen LogP contribution in [0.4, 0.5) is 0 Å². The largest absolute Gasteiger partial charge is 0.467 e. The Labute approximate surface area is 148 Å². The lowest BCUT2D eigenvalue weighted by molar-refractivity contribution is -0.0723. The average molecular weight is 352 g/mol. The van der Waals surface area contributed by atoms with Crippen LogP contribution in [0.2, 0.25) is 10.0 Å². The Hall–Kier alpha value is -0.700. The molecule has 0 aromatic heterocycles. The topological polar surface area (TPSA) is 12.5 Å². The predicted molar refractivity (Wildman–Crippen MR) is 96.3 cm³/mol. The molecule has 1 aromatic carbocycles. The molecule has 2 fully saturated rings. The van der Waals surface area contributed by atoms with Crippen LogP contribution < -0.4 is 4.74 Å². The molecule has 0 spiro atoms. The molecule has 2 aliphatic heterocycles. The van der Waals surface area contributed by atoms with Crippen LogP contribution in [0.15, 0.2) is 17.7 Å². The molecule has 1 atom stereocenters. The van der Waals surface area contributed by atoms with E-state index in [0.717, 1.165) is 37.2 Å². The number of fused-ring (bicyclic) bond motifs is 2. The van der Waals surface area contributed by atoms with E-state index in [1.165, 1.54) is 44.1 Å². The third-order valence-corrected chi connectivity index (χ3v) is 5.97. The summed E-state index contributed by atoms with van der Waals surface area (Å²) in [4.78, 5) is 2.58. The highest BCUT2D eigenvalue weighted by Gasteiger charge is 2.46. The minimum atomic E-state index is -0.271. The van der Waals surface area contributed by atoms with Crippen LogP contribution in [-0.2, 0) is 0 Å². The monoisotopic (exact) mass is 351 g/mol. The van der Waals surface area contributed by atoms with Crippen molar-refractivity contribution in [2.75, 3.05) is 13.1 Å². The van der Waals surface area contributed by atoms with E-state index in [1.807, 2.05) is 6.07 Å². The van der Waals surface area contributed by atoms with Gasteiger partial charge < -0.3 is 4.74 Å². The first-order valence-electron chi connectivity index (χ1n) is 8.83. The molecule has 124 valence electrons. The second kappa shape index (κ2) is 6.31. The number of halogens is 2. The summed E-state index contributed by atoms with van der Waals surface area (Å²) in [6.45, 7) is 2.25. The highest BCUT2D eigenvalue weighted by atomic mass is 35.5. The van der Waals surface area contributed by atoms with Gasteiger partial charge in [-0.3, -0.25) is 4.90 Å². The van der Waals surface area contributed by atoms with Gasteiger partial charge in [0.15, 0.2) is 5.72 Å². The summed E-state index contributed by atoms with van der Waals surface area (Å²) in [5.74, 6) is 0.811. The van der Waals surface area contributed by atoms with Crippen molar-refractivity contribution in [3.8, 4) is 5.75 Å². The molecule has 0 bridgehead atoms. The number of nitrogens with zero attached hydrogens (tertiary/aromatic N) is 1. The van der Waals surface area contributed by atoms with Gasteiger partial charge in [-0.25, -0.2) is 0 Å². The standard InChI is InChI=1S/C19H23Cl2NO/c20-16-12-14-11-15-7-3-4-8-19(15,23-18(14)17(21)13-16)22-9-5-1-2-6-10-22/h11-13H,1-10H2. The van der Waals surface area contributed by atoms with Crippen LogP contribution in [0.25, 0.3) is 6.08 Å². The summed E-state index contributed by atoms with van der Waals surface area (Å²) in [5.41, 5.74) is 2.17. The second-order valence-corrected chi connectivity index (χ2v) is 7.81. The third-order valence-electron chi connectivity index (χ3n) is 5.47. The molecule has 1 aromatic rings. The fourth-order valence-corrected chi connectivity index (χ4v) is 4.89. The number of benzene rings is 1. The van der Waals surface area contributed by atoms with Crippen molar-refractivity contribution in [1.29, 1.82) is 0 Å². The lowest BCUT2D eigenvalue weighted by atomic mass is 9.82. The maximum Gasteiger partial charge on any atom is 0.186 e. The molecule has 1 saturated heterocycles. The molecule has 2 heterocycles. The van der Waals surface area contributed by atoms with Gasteiger partial charge >= 0.3 is 0 Å². The molecule has 3 aliphatic rings. The zero-order valence-corrected chi connectivity index (χ0v) is 14.9. The maximum absolute atomic E-state index is 6.67. The zero-order valence-electron chi connectivity index (χ0n) is 13.4. The molecule has 0 N–H and O–H groups in total. The van der Waals surface area contributed by atoms with Gasteiger partial charge in [0.05, 0.1) is 5.02 Å². The van der Waals surface area contributed by atoms with E-state index in [2.05, 4.69) is 11.0 Å². The molecule has 1 saturated carbocycles. The van der Waals surface area contributed by atoms with Gasteiger partial charge in [0, 0.05) is 30.1 Å². The van der Waals surface area contributed by atoms with Crippen LogP contribution in [0, 0.1) is 0 Å². The fraction of sp³-hybridized carbons (Fsp3) is 0.579. The van der Waals surface area contributed by atoms with E-state index in [1.54, 1.807) is 6.07 Å². The van der Waals surface area contributed by atoms with E-state index in [9.17, 15) is 0 Å². The molecule has 2 nitrogen and oxygen atoms in total. The Kier molecular flexibility index (Phi) is 4.34. The Balaban J connectivity index is 1.78. The van der Waals surface area contributed by atoms with Gasteiger partial charge in [0.25, 0.3) is 0 Å². The normalized spacial score (nSPS) is 28.2. The molecule has 4 heteroatoms. The van der Waals surface area contributed by atoms with Gasteiger partial charge in [-0.1, -0.05) is 36.0 Å². The van der Waals surface area contributed by atoms with E-state index < -0.39 is 0 Å². The summed E-state index contributed by atoms with van der Waals surface area (Å²) in [7, 11) is 0. The van der Waals surface area contributed by atoms with E-state index >= 15 is 0 Å². The van der Waals surface area contributed by atoms with E-state index in [4.69, 9.17) is 27.9 Å². The lowest BCUT2D eigenvalue weighted by Gasteiger charge is -2.49. The first kappa shape index (κ1) is 15.8. The van der Waals surface area contributed by atoms with E-state index in [0.29, 0.717) is 10.0 Å². The zero-order chi connectivity index (χ0) is 15.9. The average Bonchev–Trinajstić information content (AvgIpc) is 2.83. The summed E-state index contributed by atoms with van der Waals surface area (Å²) in [5, 5.41) is 1.30. The summed E-state index contributed by atoms with van der Waals surface area (Å²) < 4.78 is 6.67. The molecule has 0 amide bonds. The quantitative estimate of drug-likeness (QED) is 0.622. The Morgan fingerprint density at radius 1 is 0.957 bits per heavy atom. The van der Waals surface area contributed by atoms with Crippen molar-refractivity contribution in [3.63, 3.8) is 0 Å². The van der Waals surface area contributed by atoms with Gasteiger partial charge in [0.2, 0.25) is 0 Å². The van der Waals surface area contributed by atoms with Crippen molar-refractivity contribution in [1.82, 2.24) is 4.90 Å². The van der Waals surface area contributed by atoms with Gasteiger partial charge in [-0.05, 0) is 55.9 Å². The molecular formula is C19H23Cl2NO. The first-order valence-corrected chi connectivity index (χ1v) is 9.59. The molecule has 1 unspecified atom stereocenters. The predicted octanol–water partition coefficient (Wildman–Crippen LogP) is 5.92. The highest BCUT2D eigenvalue weighted by Crippen LogP contribution is 2.48. The summed E-state index contributed by atoms with van der Waals surface area (Å²) in [6, 6.07) is 3.76. The molecule has 0 radical (unpaired) electrons.